The molecule has 2 aromatic rings. The molecule has 1 atom stereocenters. The van der Waals surface area contributed by atoms with E-state index < -0.39 is 17.8 Å². The highest BCUT2D eigenvalue weighted by Crippen LogP contribution is 2.34. The van der Waals surface area contributed by atoms with Crippen molar-refractivity contribution in [3.05, 3.63) is 57.8 Å². The summed E-state index contributed by atoms with van der Waals surface area (Å²) in [6.07, 6.45) is -5.82. The molecule has 0 radical (unpaired) electrons. The largest absolute Gasteiger partial charge is 0.416 e. The third-order valence-electron chi connectivity index (χ3n) is 3.08. The van der Waals surface area contributed by atoms with E-state index in [9.17, 15) is 18.3 Å². The van der Waals surface area contributed by atoms with Crippen LogP contribution in [0.25, 0.3) is 0 Å². The minimum atomic E-state index is -4.50. The molecule has 0 spiro atoms. The van der Waals surface area contributed by atoms with Crippen molar-refractivity contribution >= 4 is 28.7 Å². The van der Waals surface area contributed by atoms with E-state index in [4.69, 9.17) is 12.2 Å². The van der Waals surface area contributed by atoms with Crippen LogP contribution in [-0.2, 0) is 12.7 Å². The molecule has 0 saturated heterocycles. The fourth-order valence-corrected chi connectivity index (χ4v) is 2.79. The molecule has 23 heavy (non-hydrogen) atoms. The van der Waals surface area contributed by atoms with E-state index in [2.05, 4.69) is 10.6 Å². The first-order valence-corrected chi connectivity index (χ1v) is 8.05. The van der Waals surface area contributed by atoms with Gasteiger partial charge in [0.1, 0.15) is 0 Å². The molecule has 124 valence electrons. The molecule has 1 aromatic carbocycles. The molecule has 8 heteroatoms. The van der Waals surface area contributed by atoms with Gasteiger partial charge in [0.2, 0.25) is 0 Å². The number of thiophene rings is 1. The molecule has 0 aliphatic carbocycles. The molecular formula is C15H15F3N2OS2. The van der Waals surface area contributed by atoms with E-state index in [-0.39, 0.29) is 17.2 Å². The number of rotatable bonds is 5. The maximum Gasteiger partial charge on any atom is 0.416 e. The lowest BCUT2D eigenvalue weighted by atomic mass is 10.0. The smallest absolute Gasteiger partial charge is 0.387 e. The van der Waals surface area contributed by atoms with E-state index in [1.54, 1.807) is 11.3 Å². The minimum absolute atomic E-state index is 0.108. The molecule has 0 amide bonds. The van der Waals surface area contributed by atoms with Crippen LogP contribution < -0.4 is 10.6 Å². The Morgan fingerprint density at radius 3 is 2.57 bits per heavy atom. The molecule has 0 aliphatic rings. The fraction of sp³-hybridized carbons (Fsp3) is 0.267. The monoisotopic (exact) mass is 360 g/mol. The van der Waals surface area contributed by atoms with Gasteiger partial charge in [-0.05, 0) is 35.3 Å². The number of thiocarbonyl (C=S) groups is 1. The highest BCUT2D eigenvalue weighted by atomic mass is 32.1. The Kier molecular flexibility index (Phi) is 5.97. The Balaban J connectivity index is 1.89. The molecule has 0 aliphatic heterocycles. The first kappa shape index (κ1) is 17.7. The minimum Gasteiger partial charge on any atom is -0.387 e. The van der Waals surface area contributed by atoms with Gasteiger partial charge in [-0.1, -0.05) is 24.3 Å². The number of aliphatic hydroxyl groups excluding tert-OH is 1. The molecular weight excluding hydrogens is 345 g/mol. The topological polar surface area (TPSA) is 44.3 Å². The Morgan fingerprint density at radius 1 is 1.17 bits per heavy atom. The number of aliphatic hydroxyl groups is 1. The molecule has 3 nitrogen and oxygen atoms in total. The summed E-state index contributed by atoms with van der Waals surface area (Å²) in [6, 6.07) is 8.81. The van der Waals surface area contributed by atoms with Crippen LogP contribution in [-0.4, -0.2) is 16.8 Å². The summed E-state index contributed by atoms with van der Waals surface area (Å²) < 4.78 is 38.8. The molecule has 0 unspecified atom stereocenters. The third kappa shape index (κ3) is 5.19. The number of nitrogens with one attached hydrogen (secondary N) is 2. The van der Waals surface area contributed by atoms with E-state index in [1.165, 1.54) is 18.2 Å². The fourth-order valence-electron chi connectivity index (χ4n) is 1.99. The molecule has 1 aromatic heterocycles. The molecule has 1 heterocycles. The molecule has 0 saturated carbocycles. The van der Waals surface area contributed by atoms with E-state index in [0.29, 0.717) is 6.54 Å². The SMILES string of the molecule is O[C@H](CNC(=S)NCc1cccs1)c1ccccc1C(F)(F)F. The second kappa shape index (κ2) is 7.76. The average Bonchev–Trinajstić information content (AvgIpc) is 3.03. The van der Waals surface area contributed by atoms with Gasteiger partial charge < -0.3 is 15.7 Å². The van der Waals surface area contributed by atoms with Gasteiger partial charge in [-0.25, -0.2) is 0 Å². The lowest BCUT2D eigenvalue weighted by molar-refractivity contribution is -0.139. The first-order chi connectivity index (χ1) is 10.9. The predicted octanol–water partition coefficient (Wildman–Crippen LogP) is 3.46. The van der Waals surface area contributed by atoms with Crippen LogP contribution in [0.2, 0.25) is 0 Å². The van der Waals surface area contributed by atoms with Gasteiger partial charge >= 0.3 is 6.18 Å². The lowest BCUT2D eigenvalue weighted by Crippen LogP contribution is -2.37. The van der Waals surface area contributed by atoms with Crippen LogP contribution in [0.4, 0.5) is 13.2 Å². The van der Waals surface area contributed by atoms with Gasteiger partial charge in [-0.3, -0.25) is 0 Å². The van der Waals surface area contributed by atoms with Crippen molar-refractivity contribution in [3.63, 3.8) is 0 Å². The van der Waals surface area contributed by atoms with Crippen LogP contribution in [0.5, 0.6) is 0 Å². The molecule has 3 N–H and O–H groups in total. The van der Waals surface area contributed by atoms with Gasteiger partial charge in [0, 0.05) is 11.4 Å². The number of halogens is 3. The van der Waals surface area contributed by atoms with Crippen LogP contribution in [0.1, 0.15) is 22.1 Å². The zero-order chi connectivity index (χ0) is 16.9. The third-order valence-corrected chi connectivity index (χ3v) is 4.25. The number of hydrogen-bond acceptors (Lipinski definition) is 3. The number of benzene rings is 1. The van der Waals surface area contributed by atoms with Gasteiger partial charge in [-0.2, -0.15) is 13.2 Å². The summed E-state index contributed by atoms with van der Waals surface area (Å²) in [6.45, 7) is 0.419. The first-order valence-electron chi connectivity index (χ1n) is 6.76. The van der Waals surface area contributed by atoms with Crippen LogP contribution in [0.3, 0.4) is 0 Å². The van der Waals surface area contributed by atoms with Crippen molar-refractivity contribution in [2.45, 2.75) is 18.8 Å². The number of alkyl halides is 3. The number of hydrogen-bond donors (Lipinski definition) is 3. The summed E-state index contributed by atoms with van der Waals surface area (Å²) in [4.78, 5) is 1.08. The summed E-state index contributed by atoms with van der Waals surface area (Å²) in [5.41, 5.74) is -1.01. The maximum absolute atomic E-state index is 12.9. The second-order valence-electron chi connectivity index (χ2n) is 4.74. The maximum atomic E-state index is 12.9. The highest BCUT2D eigenvalue weighted by molar-refractivity contribution is 7.80. The van der Waals surface area contributed by atoms with Crippen molar-refractivity contribution < 1.29 is 18.3 Å². The molecule has 0 fully saturated rings. The lowest BCUT2D eigenvalue weighted by Gasteiger charge is -2.18. The Hall–Kier alpha value is -1.64. The standard InChI is InChI=1S/C15H15F3N2OS2/c16-15(17,18)12-6-2-1-5-11(12)13(21)9-20-14(22)19-8-10-4-3-7-23-10/h1-7,13,21H,8-9H2,(H2,19,20,22)/t13-/m1/s1. The zero-order valence-electron chi connectivity index (χ0n) is 11.9. The van der Waals surface area contributed by atoms with Crippen molar-refractivity contribution in [1.29, 1.82) is 0 Å². The second-order valence-corrected chi connectivity index (χ2v) is 6.18. The Bertz CT molecular complexity index is 644. The van der Waals surface area contributed by atoms with Gasteiger partial charge in [0.25, 0.3) is 0 Å². The predicted molar refractivity (Wildman–Crippen MR) is 88.2 cm³/mol. The van der Waals surface area contributed by atoms with Crippen LogP contribution in [0, 0.1) is 0 Å². The summed E-state index contributed by atoms with van der Waals surface area (Å²) in [5, 5.41) is 17.9. The average molecular weight is 360 g/mol. The summed E-state index contributed by atoms with van der Waals surface area (Å²) in [5.74, 6) is 0. The van der Waals surface area contributed by atoms with E-state index >= 15 is 0 Å². The zero-order valence-corrected chi connectivity index (χ0v) is 13.6. The van der Waals surface area contributed by atoms with Crippen molar-refractivity contribution in [3.8, 4) is 0 Å². The van der Waals surface area contributed by atoms with Crippen molar-refractivity contribution in [1.82, 2.24) is 10.6 Å². The summed E-state index contributed by atoms with van der Waals surface area (Å²) >= 11 is 6.62. The Labute approximate surface area is 141 Å². The van der Waals surface area contributed by atoms with Crippen molar-refractivity contribution in [2.24, 2.45) is 0 Å². The quantitative estimate of drug-likeness (QED) is 0.715. The normalized spacial score (nSPS) is 12.7. The van der Waals surface area contributed by atoms with Gasteiger partial charge in [0.05, 0.1) is 18.2 Å². The van der Waals surface area contributed by atoms with Crippen molar-refractivity contribution in [2.75, 3.05) is 6.54 Å². The summed E-state index contributed by atoms with van der Waals surface area (Å²) in [7, 11) is 0. The van der Waals surface area contributed by atoms with Gasteiger partial charge in [0.15, 0.2) is 5.11 Å². The van der Waals surface area contributed by atoms with E-state index in [1.807, 2.05) is 17.5 Å². The van der Waals surface area contributed by atoms with Gasteiger partial charge in [-0.15, -0.1) is 11.3 Å². The Morgan fingerprint density at radius 2 is 1.91 bits per heavy atom. The van der Waals surface area contributed by atoms with Crippen LogP contribution in [0.15, 0.2) is 41.8 Å². The molecule has 0 bridgehead atoms. The highest BCUT2D eigenvalue weighted by Gasteiger charge is 2.34. The molecule has 2 rings (SSSR count). The van der Waals surface area contributed by atoms with E-state index in [0.717, 1.165) is 10.9 Å². The van der Waals surface area contributed by atoms with Crippen LogP contribution >= 0.6 is 23.6 Å².